The summed E-state index contributed by atoms with van der Waals surface area (Å²) >= 11 is 0. The van der Waals surface area contributed by atoms with E-state index in [2.05, 4.69) is 6.92 Å². The number of benzene rings is 2. The number of likely N-dealkylation sites (tertiary alicyclic amines) is 1. The maximum Gasteiger partial charge on any atom is 0.295 e. The highest BCUT2D eigenvalue weighted by molar-refractivity contribution is 6.46. The number of nitrogens with zero attached hydrogens (tertiary/aromatic N) is 1. The summed E-state index contributed by atoms with van der Waals surface area (Å²) < 4.78 is 17.4. The van der Waals surface area contributed by atoms with Crippen molar-refractivity contribution in [2.45, 2.75) is 70.6 Å². The van der Waals surface area contributed by atoms with E-state index in [1.807, 2.05) is 43.3 Å². The molecule has 0 unspecified atom stereocenters. The summed E-state index contributed by atoms with van der Waals surface area (Å²) in [5.74, 6) is 0.0728. The lowest BCUT2D eigenvalue weighted by Gasteiger charge is -2.27. The highest BCUT2D eigenvalue weighted by atomic mass is 16.5. The van der Waals surface area contributed by atoms with Gasteiger partial charge in [-0.15, -0.1) is 0 Å². The van der Waals surface area contributed by atoms with Crippen LogP contribution in [0.2, 0.25) is 0 Å². The van der Waals surface area contributed by atoms with Gasteiger partial charge in [0.2, 0.25) is 0 Å². The summed E-state index contributed by atoms with van der Waals surface area (Å²) in [6, 6.07) is 12.2. The number of carbonyl (C=O) groups is 2. The molecule has 3 aliphatic heterocycles. The third-order valence-corrected chi connectivity index (χ3v) is 7.35. The van der Waals surface area contributed by atoms with E-state index >= 15 is 0 Å². The first-order valence-corrected chi connectivity index (χ1v) is 13.4. The Morgan fingerprint density at radius 1 is 1.14 bits per heavy atom. The number of hydrogen-bond acceptors (Lipinski definition) is 6. The molecule has 0 radical (unpaired) electrons. The minimum atomic E-state index is -0.707. The van der Waals surface area contributed by atoms with Crippen molar-refractivity contribution in [3.63, 3.8) is 0 Å². The van der Waals surface area contributed by atoms with E-state index in [0.29, 0.717) is 25.3 Å². The average Bonchev–Trinajstić information content (AvgIpc) is 3.61. The second kappa shape index (κ2) is 11.0. The zero-order chi connectivity index (χ0) is 25.9. The average molecular weight is 506 g/mol. The predicted molar refractivity (Wildman–Crippen MR) is 140 cm³/mol. The molecule has 3 heterocycles. The lowest BCUT2D eigenvalue weighted by Crippen LogP contribution is -2.36. The number of aliphatic hydroxyl groups is 1. The molecule has 2 fully saturated rings. The van der Waals surface area contributed by atoms with Crippen LogP contribution in [0.3, 0.4) is 0 Å². The smallest absolute Gasteiger partial charge is 0.295 e. The third-order valence-electron chi connectivity index (χ3n) is 7.35. The molecule has 2 saturated heterocycles. The molecular weight excluding hydrogens is 470 g/mol. The Morgan fingerprint density at radius 2 is 1.95 bits per heavy atom. The van der Waals surface area contributed by atoms with Crippen molar-refractivity contribution in [2.24, 2.45) is 0 Å². The van der Waals surface area contributed by atoms with Gasteiger partial charge in [0.1, 0.15) is 23.4 Å². The Labute approximate surface area is 218 Å². The SMILES string of the molecule is CCCCCOc1ccc([C@H]2C(=C(O)c3ccc4c(c3)C[C@@H](C)O4)C(=O)C(=O)N2C[C@@H]2CCCO2)cc1. The third kappa shape index (κ3) is 5.23. The lowest BCUT2D eigenvalue weighted by molar-refractivity contribution is -0.140. The number of aliphatic hydroxyl groups excluding tert-OH is 1. The van der Waals surface area contributed by atoms with Crippen LogP contribution >= 0.6 is 0 Å². The zero-order valence-corrected chi connectivity index (χ0v) is 21.6. The Hall–Kier alpha value is -3.32. The van der Waals surface area contributed by atoms with Gasteiger partial charge in [0.05, 0.1) is 24.3 Å². The minimum Gasteiger partial charge on any atom is -0.507 e. The van der Waals surface area contributed by atoms with Crippen molar-refractivity contribution in [1.82, 2.24) is 4.90 Å². The molecule has 37 heavy (non-hydrogen) atoms. The van der Waals surface area contributed by atoms with Gasteiger partial charge in [-0.05, 0) is 67.6 Å². The van der Waals surface area contributed by atoms with Crippen molar-refractivity contribution >= 4 is 17.4 Å². The van der Waals surface area contributed by atoms with Gasteiger partial charge in [0.25, 0.3) is 11.7 Å². The quantitative estimate of drug-likeness (QED) is 0.219. The van der Waals surface area contributed by atoms with Crippen LogP contribution in [-0.4, -0.2) is 53.7 Å². The van der Waals surface area contributed by atoms with Crippen molar-refractivity contribution in [2.75, 3.05) is 19.8 Å². The Morgan fingerprint density at radius 3 is 2.68 bits per heavy atom. The van der Waals surface area contributed by atoms with E-state index in [1.165, 1.54) is 0 Å². The highest BCUT2D eigenvalue weighted by Gasteiger charge is 2.47. The number of Topliss-reactive ketones (excluding diaryl/α,β-unsaturated/α-hetero) is 1. The Kier molecular flexibility index (Phi) is 7.51. The molecule has 0 saturated carbocycles. The van der Waals surface area contributed by atoms with Gasteiger partial charge < -0.3 is 24.2 Å². The van der Waals surface area contributed by atoms with Crippen molar-refractivity contribution in [1.29, 1.82) is 0 Å². The molecule has 7 nitrogen and oxygen atoms in total. The number of amides is 1. The summed E-state index contributed by atoms with van der Waals surface area (Å²) in [5.41, 5.74) is 2.34. The van der Waals surface area contributed by atoms with Crippen molar-refractivity contribution < 1.29 is 28.9 Å². The maximum atomic E-state index is 13.3. The molecule has 3 atom stereocenters. The molecular formula is C30H35NO6. The van der Waals surface area contributed by atoms with Crippen LogP contribution in [-0.2, 0) is 20.7 Å². The van der Waals surface area contributed by atoms with E-state index in [1.54, 1.807) is 11.0 Å². The standard InChI is InChI=1S/C30H35NO6/c1-3-4-5-14-35-23-11-8-20(9-12-23)27-26(29(33)30(34)31(27)18-24-7-6-15-36-24)28(32)21-10-13-25-22(17-21)16-19(2)37-25/h8-13,17,19,24,27,32H,3-7,14-16,18H2,1-2H3/t19-,24+,27+/m1/s1. The largest absolute Gasteiger partial charge is 0.507 e. The molecule has 0 spiro atoms. The summed E-state index contributed by atoms with van der Waals surface area (Å²) in [6.45, 7) is 5.74. The van der Waals surface area contributed by atoms with Gasteiger partial charge in [-0.3, -0.25) is 9.59 Å². The van der Waals surface area contributed by atoms with Gasteiger partial charge in [0.15, 0.2) is 0 Å². The van der Waals surface area contributed by atoms with Gasteiger partial charge in [-0.25, -0.2) is 0 Å². The molecule has 0 aromatic heterocycles. The fraction of sp³-hybridized carbons (Fsp3) is 0.467. The van der Waals surface area contributed by atoms with E-state index in [4.69, 9.17) is 14.2 Å². The molecule has 5 rings (SSSR count). The lowest BCUT2D eigenvalue weighted by atomic mass is 9.94. The van der Waals surface area contributed by atoms with Gasteiger partial charge in [0, 0.05) is 25.1 Å². The molecule has 1 amide bonds. The predicted octanol–water partition coefficient (Wildman–Crippen LogP) is 5.18. The van der Waals surface area contributed by atoms with Crippen LogP contribution in [0.1, 0.15) is 68.7 Å². The first-order valence-electron chi connectivity index (χ1n) is 13.4. The van der Waals surface area contributed by atoms with Gasteiger partial charge in [-0.2, -0.15) is 0 Å². The van der Waals surface area contributed by atoms with E-state index < -0.39 is 17.7 Å². The number of ether oxygens (including phenoxy) is 3. The first-order chi connectivity index (χ1) is 18.0. The summed E-state index contributed by atoms with van der Waals surface area (Å²) in [7, 11) is 0. The molecule has 196 valence electrons. The number of carbonyl (C=O) groups excluding carboxylic acids is 2. The summed E-state index contributed by atoms with van der Waals surface area (Å²) in [6.07, 6.45) is 5.66. The minimum absolute atomic E-state index is 0.0621. The monoisotopic (exact) mass is 505 g/mol. The van der Waals surface area contributed by atoms with Crippen molar-refractivity contribution in [3.05, 3.63) is 64.7 Å². The Balaban J connectivity index is 1.49. The second-order valence-electron chi connectivity index (χ2n) is 10.2. The summed E-state index contributed by atoms with van der Waals surface area (Å²) in [4.78, 5) is 28.2. The fourth-order valence-corrected chi connectivity index (χ4v) is 5.44. The molecule has 3 aliphatic rings. The van der Waals surface area contributed by atoms with Crippen LogP contribution in [0, 0.1) is 0 Å². The maximum absolute atomic E-state index is 13.3. The Bertz CT molecular complexity index is 1180. The van der Waals surface area contributed by atoms with Crippen LogP contribution in [0.4, 0.5) is 0 Å². The molecule has 1 N–H and O–H groups in total. The number of hydrogen-bond donors (Lipinski definition) is 1. The molecule has 2 aromatic rings. The molecule has 7 heteroatoms. The van der Waals surface area contributed by atoms with Crippen LogP contribution in [0.15, 0.2) is 48.0 Å². The first kappa shape index (κ1) is 25.3. The number of unbranched alkanes of at least 4 members (excludes halogenated alkanes) is 2. The van der Waals surface area contributed by atoms with Gasteiger partial charge in [-0.1, -0.05) is 31.9 Å². The topological polar surface area (TPSA) is 85.3 Å². The normalized spacial score (nSPS) is 24.4. The molecule has 0 bridgehead atoms. The van der Waals surface area contributed by atoms with E-state index in [0.717, 1.165) is 61.2 Å². The molecule has 2 aromatic carbocycles. The van der Waals surface area contributed by atoms with Crippen LogP contribution < -0.4 is 9.47 Å². The van der Waals surface area contributed by atoms with E-state index in [-0.39, 0.29) is 23.5 Å². The highest BCUT2D eigenvalue weighted by Crippen LogP contribution is 2.41. The van der Waals surface area contributed by atoms with Crippen LogP contribution in [0.25, 0.3) is 5.76 Å². The van der Waals surface area contributed by atoms with Crippen molar-refractivity contribution in [3.8, 4) is 11.5 Å². The number of fused-ring (bicyclic) bond motifs is 1. The van der Waals surface area contributed by atoms with E-state index in [9.17, 15) is 14.7 Å². The fourth-order valence-electron chi connectivity index (χ4n) is 5.44. The number of ketones is 1. The number of rotatable bonds is 9. The zero-order valence-electron chi connectivity index (χ0n) is 21.6. The van der Waals surface area contributed by atoms with Gasteiger partial charge >= 0.3 is 0 Å². The second-order valence-corrected chi connectivity index (χ2v) is 10.2. The summed E-state index contributed by atoms with van der Waals surface area (Å²) in [5, 5.41) is 11.4. The van der Waals surface area contributed by atoms with Crippen LogP contribution in [0.5, 0.6) is 11.5 Å². The molecule has 0 aliphatic carbocycles.